The van der Waals surface area contributed by atoms with Gasteiger partial charge in [-0.25, -0.2) is 0 Å². The van der Waals surface area contributed by atoms with Gasteiger partial charge in [-0.3, -0.25) is 4.79 Å². The fraction of sp³-hybridized carbons (Fsp3) is 0.833. The second-order valence-corrected chi connectivity index (χ2v) is 2.55. The van der Waals surface area contributed by atoms with E-state index in [1.807, 2.05) is 0 Å². The molecule has 1 aliphatic heterocycles. The van der Waals surface area contributed by atoms with Gasteiger partial charge in [0, 0.05) is 13.0 Å². The monoisotopic (exact) mass is 181 g/mol. The number of carbonyl (C=O) groups is 1. The standard InChI is InChI=1S/C6H9F2NO3/c7-6(8)12-3-1-4(5(10)11)9-2-3/h3-4,6,9H,1-2H2,(H,10,11)/t3-,4-/m0/s1. The number of carboxylic acids is 1. The van der Waals surface area contributed by atoms with E-state index in [4.69, 9.17) is 5.11 Å². The molecule has 0 saturated carbocycles. The summed E-state index contributed by atoms with van der Waals surface area (Å²) in [4.78, 5) is 10.3. The first-order valence-electron chi connectivity index (χ1n) is 3.49. The maximum Gasteiger partial charge on any atom is 0.345 e. The molecule has 6 heteroatoms. The molecule has 0 unspecified atom stereocenters. The summed E-state index contributed by atoms with van der Waals surface area (Å²) in [7, 11) is 0. The third-order valence-electron chi connectivity index (χ3n) is 1.68. The van der Waals surface area contributed by atoms with Gasteiger partial charge < -0.3 is 15.2 Å². The predicted octanol–water partition coefficient (Wildman–Crippen LogP) is 0.0407. The smallest absolute Gasteiger partial charge is 0.345 e. The largest absolute Gasteiger partial charge is 0.480 e. The van der Waals surface area contributed by atoms with E-state index in [2.05, 4.69) is 10.1 Å². The fourth-order valence-electron chi connectivity index (χ4n) is 1.14. The van der Waals surface area contributed by atoms with Crippen LogP contribution in [0.5, 0.6) is 0 Å². The zero-order valence-electron chi connectivity index (χ0n) is 6.17. The van der Waals surface area contributed by atoms with E-state index in [0.29, 0.717) is 0 Å². The summed E-state index contributed by atoms with van der Waals surface area (Å²) >= 11 is 0. The Morgan fingerprint density at radius 2 is 2.33 bits per heavy atom. The average molecular weight is 181 g/mol. The number of ether oxygens (including phenoxy) is 1. The van der Waals surface area contributed by atoms with E-state index in [-0.39, 0.29) is 13.0 Å². The molecule has 1 fully saturated rings. The van der Waals surface area contributed by atoms with Crippen molar-refractivity contribution in [1.29, 1.82) is 0 Å². The Morgan fingerprint density at radius 3 is 2.75 bits per heavy atom. The van der Waals surface area contributed by atoms with Gasteiger partial charge in [0.05, 0.1) is 6.10 Å². The van der Waals surface area contributed by atoms with Crippen LogP contribution in [0.25, 0.3) is 0 Å². The Balaban J connectivity index is 2.30. The molecule has 0 bridgehead atoms. The number of halogens is 2. The summed E-state index contributed by atoms with van der Waals surface area (Å²) in [5.74, 6) is -1.03. The van der Waals surface area contributed by atoms with Crippen molar-refractivity contribution in [3.8, 4) is 0 Å². The molecule has 2 N–H and O–H groups in total. The highest BCUT2D eigenvalue weighted by Crippen LogP contribution is 2.13. The SMILES string of the molecule is O=C(O)[C@@H]1C[C@H](OC(F)F)CN1. The van der Waals surface area contributed by atoms with Crippen molar-refractivity contribution in [2.24, 2.45) is 0 Å². The topological polar surface area (TPSA) is 58.6 Å². The summed E-state index contributed by atoms with van der Waals surface area (Å²) in [5.41, 5.74) is 0. The zero-order valence-corrected chi connectivity index (χ0v) is 6.17. The Labute approximate surface area is 67.5 Å². The number of hydrogen-bond acceptors (Lipinski definition) is 3. The highest BCUT2D eigenvalue weighted by Gasteiger charge is 2.31. The number of alkyl halides is 2. The molecule has 0 aliphatic carbocycles. The van der Waals surface area contributed by atoms with Gasteiger partial charge in [-0.2, -0.15) is 8.78 Å². The van der Waals surface area contributed by atoms with Gasteiger partial charge in [0.1, 0.15) is 6.04 Å². The van der Waals surface area contributed by atoms with Crippen LogP contribution in [0.1, 0.15) is 6.42 Å². The number of nitrogens with one attached hydrogen (secondary N) is 1. The van der Waals surface area contributed by atoms with Crippen LogP contribution in [0, 0.1) is 0 Å². The predicted molar refractivity (Wildman–Crippen MR) is 34.9 cm³/mol. The van der Waals surface area contributed by atoms with E-state index in [1.54, 1.807) is 0 Å². The van der Waals surface area contributed by atoms with Gasteiger partial charge in [-0.05, 0) is 0 Å². The first-order chi connectivity index (χ1) is 5.59. The molecule has 4 nitrogen and oxygen atoms in total. The molecule has 1 heterocycles. The lowest BCUT2D eigenvalue weighted by Gasteiger charge is -2.08. The van der Waals surface area contributed by atoms with Crippen molar-refractivity contribution >= 4 is 5.97 Å². The van der Waals surface area contributed by atoms with Gasteiger partial charge in [-0.1, -0.05) is 0 Å². The first kappa shape index (κ1) is 9.34. The minimum Gasteiger partial charge on any atom is -0.480 e. The summed E-state index contributed by atoms with van der Waals surface area (Å²) in [6.45, 7) is -2.66. The lowest BCUT2D eigenvalue weighted by Crippen LogP contribution is -2.30. The normalized spacial score (nSPS) is 29.6. The van der Waals surface area contributed by atoms with Gasteiger partial charge in [-0.15, -0.1) is 0 Å². The molecular weight excluding hydrogens is 172 g/mol. The van der Waals surface area contributed by atoms with Gasteiger partial charge in [0.25, 0.3) is 0 Å². The first-order valence-corrected chi connectivity index (χ1v) is 3.49. The van der Waals surface area contributed by atoms with Crippen LogP contribution < -0.4 is 5.32 Å². The maximum absolute atomic E-state index is 11.6. The maximum atomic E-state index is 11.6. The fourth-order valence-corrected chi connectivity index (χ4v) is 1.14. The number of rotatable bonds is 3. The number of hydrogen-bond donors (Lipinski definition) is 2. The van der Waals surface area contributed by atoms with E-state index in [0.717, 1.165) is 0 Å². The molecule has 0 aromatic rings. The molecule has 0 radical (unpaired) electrons. The average Bonchev–Trinajstić information content (AvgIpc) is 2.34. The highest BCUT2D eigenvalue weighted by atomic mass is 19.3. The van der Waals surface area contributed by atoms with E-state index >= 15 is 0 Å². The van der Waals surface area contributed by atoms with Gasteiger partial charge in [0.15, 0.2) is 0 Å². The number of aliphatic carboxylic acids is 1. The third-order valence-corrected chi connectivity index (χ3v) is 1.68. The summed E-state index contributed by atoms with van der Waals surface area (Å²) in [6.07, 6.45) is -0.592. The summed E-state index contributed by atoms with van der Waals surface area (Å²) < 4.78 is 27.4. The van der Waals surface area contributed by atoms with E-state index in [1.165, 1.54) is 0 Å². The van der Waals surface area contributed by atoms with Crippen molar-refractivity contribution in [2.75, 3.05) is 6.54 Å². The Hall–Kier alpha value is -0.750. The lowest BCUT2D eigenvalue weighted by molar-refractivity contribution is -0.159. The molecule has 1 aliphatic rings. The lowest BCUT2D eigenvalue weighted by atomic mass is 10.2. The van der Waals surface area contributed by atoms with Crippen LogP contribution in [-0.4, -0.2) is 36.4 Å². The molecule has 2 atom stereocenters. The van der Waals surface area contributed by atoms with Crippen molar-refractivity contribution < 1.29 is 23.4 Å². The Morgan fingerprint density at radius 1 is 1.67 bits per heavy atom. The molecule has 70 valence electrons. The van der Waals surface area contributed by atoms with Crippen molar-refractivity contribution in [3.05, 3.63) is 0 Å². The second-order valence-electron chi connectivity index (χ2n) is 2.55. The minimum absolute atomic E-state index is 0.0969. The molecule has 0 aromatic heterocycles. The zero-order chi connectivity index (χ0) is 9.14. The van der Waals surface area contributed by atoms with E-state index in [9.17, 15) is 13.6 Å². The van der Waals surface area contributed by atoms with Crippen molar-refractivity contribution in [1.82, 2.24) is 5.32 Å². The van der Waals surface area contributed by atoms with Crippen LogP contribution >= 0.6 is 0 Å². The Kier molecular flexibility index (Phi) is 2.93. The molecule has 1 rings (SSSR count). The van der Waals surface area contributed by atoms with Crippen LogP contribution in [0.15, 0.2) is 0 Å². The molecule has 1 saturated heterocycles. The van der Waals surface area contributed by atoms with Gasteiger partial charge >= 0.3 is 12.6 Å². The van der Waals surface area contributed by atoms with E-state index < -0.39 is 24.7 Å². The summed E-state index contributed by atoms with van der Waals surface area (Å²) in [5, 5.41) is 11.0. The molecule has 0 amide bonds. The van der Waals surface area contributed by atoms with Crippen molar-refractivity contribution in [2.45, 2.75) is 25.2 Å². The second kappa shape index (κ2) is 3.77. The minimum atomic E-state index is -2.83. The van der Waals surface area contributed by atoms with Crippen LogP contribution in [0.4, 0.5) is 8.78 Å². The van der Waals surface area contributed by atoms with Crippen LogP contribution in [0.3, 0.4) is 0 Å². The molecule has 12 heavy (non-hydrogen) atoms. The molecule has 0 spiro atoms. The Bertz CT molecular complexity index is 176. The summed E-state index contributed by atoms with van der Waals surface area (Å²) in [6, 6.07) is -0.756. The van der Waals surface area contributed by atoms with Gasteiger partial charge in [0.2, 0.25) is 0 Å². The molecule has 0 aromatic carbocycles. The third kappa shape index (κ3) is 2.38. The van der Waals surface area contributed by atoms with Crippen LogP contribution in [0.2, 0.25) is 0 Å². The number of carboxylic acid groups (broad SMARTS) is 1. The highest BCUT2D eigenvalue weighted by molar-refractivity contribution is 5.73. The molecular formula is C6H9F2NO3. The van der Waals surface area contributed by atoms with Crippen molar-refractivity contribution in [3.63, 3.8) is 0 Å². The van der Waals surface area contributed by atoms with Crippen LogP contribution in [-0.2, 0) is 9.53 Å². The quantitative estimate of drug-likeness (QED) is 0.645.